The van der Waals surface area contributed by atoms with Gasteiger partial charge >= 0.3 is 0 Å². The monoisotopic (exact) mass is 302 g/mol. The highest BCUT2D eigenvalue weighted by molar-refractivity contribution is 5.97. The molecule has 0 radical (unpaired) electrons. The van der Waals surface area contributed by atoms with Crippen LogP contribution >= 0.6 is 0 Å². The summed E-state index contributed by atoms with van der Waals surface area (Å²) < 4.78 is 10.7. The molecule has 0 unspecified atom stereocenters. The number of amides is 1. The summed E-state index contributed by atoms with van der Waals surface area (Å²) in [6.07, 6.45) is 1.49. The maximum atomic E-state index is 12.6. The van der Waals surface area contributed by atoms with Gasteiger partial charge in [0.05, 0.1) is 19.8 Å². The van der Waals surface area contributed by atoms with Crippen LogP contribution in [0.15, 0.2) is 29.2 Å². The van der Waals surface area contributed by atoms with E-state index in [0.717, 1.165) is 0 Å². The largest absolute Gasteiger partial charge is 0.494 e. The lowest BCUT2D eigenvalue weighted by Gasteiger charge is -2.26. The molecule has 2 heterocycles. The van der Waals surface area contributed by atoms with Crippen molar-refractivity contribution >= 4 is 16.8 Å². The Labute approximate surface area is 127 Å². The predicted molar refractivity (Wildman–Crippen MR) is 82.5 cm³/mol. The number of nitrogens with zero attached hydrogens (tertiary/aromatic N) is 1. The van der Waals surface area contributed by atoms with Crippen molar-refractivity contribution in [3.8, 4) is 5.75 Å². The first kappa shape index (κ1) is 14.6. The molecular formula is C16H18N2O4. The molecule has 6 nitrogen and oxygen atoms in total. The molecule has 6 heteroatoms. The topological polar surface area (TPSA) is 71.6 Å². The molecule has 1 aliphatic rings. The molecule has 1 fully saturated rings. The number of morpholine rings is 1. The third kappa shape index (κ3) is 2.69. The second-order valence-electron chi connectivity index (χ2n) is 5.08. The molecule has 0 aliphatic carbocycles. The number of carbonyl (C=O) groups is 1. The van der Waals surface area contributed by atoms with E-state index in [1.807, 2.05) is 6.92 Å². The average molecular weight is 302 g/mol. The molecule has 22 heavy (non-hydrogen) atoms. The van der Waals surface area contributed by atoms with Gasteiger partial charge in [-0.25, -0.2) is 0 Å². The SMILES string of the molecule is CCOc1ccc2[nH]cc(C(=O)N3CCOCC3)c(=O)c2c1. The van der Waals surface area contributed by atoms with Gasteiger partial charge in [0.1, 0.15) is 11.3 Å². The normalized spacial score (nSPS) is 15.0. The van der Waals surface area contributed by atoms with E-state index in [0.29, 0.717) is 49.6 Å². The zero-order chi connectivity index (χ0) is 15.5. The fourth-order valence-corrected chi connectivity index (χ4v) is 2.55. The maximum Gasteiger partial charge on any atom is 0.259 e. The van der Waals surface area contributed by atoms with Crippen LogP contribution in [0.3, 0.4) is 0 Å². The van der Waals surface area contributed by atoms with Crippen molar-refractivity contribution in [3.05, 3.63) is 40.2 Å². The summed E-state index contributed by atoms with van der Waals surface area (Å²) in [4.78, 5) is 29.8. The Bertz CT molecular complexity index is 747. The van der Waals surface area contributed by atoms with Crippen molar-refractivity contribution in [3.63, 3.8) is 0 Å². The van der Waals surface area contributed by atoms with Gasteiger partial charge in [0, 0.05) is 30.2 Å². The number of benzene rings is 1. The number of hydrogen-bond donors (Lipinski definition) is 1. The number of carbonyl (C=O) groups excluding carboxylic acids is 1. The van der Waals surface area contributed by atoms with E-state index in [2.05, 4.69) is 4.98 Å². The summed E-state index contributed by atoms with van der Waals surface area (Å²) in [5.41, 5.74) is 0.571. The summed E-state index contributed by atoms with van der Waals surface area (Å²) in [6, 6.07) is 5.25. The molecule has 1 saturated heterocycles. The van der Waals surface area contributed by atoms with Gasteiger partial charge in [-0.15, -0.1) is 0 Å². The van der Waals surface area contributed by atoms with Crippen molar-refractivity contribution in [1.29, 1.82) is 0 Å². The second kappa shape index (κ2) is 6.19. The Balaban J connectivity index is 2.01. The summed E-state index contributed by atoms with van der Waals surface area (Å²) in [6.45, 7) is 4.44. The minimum atomic E-state index is -0.271. The fraction of sp³-hybridized carbons (Fsp3) is 0.375. The number of nitrogens with one attached hydrogen (secondary N) is 1. The lowest BCUT2D eigenvalue weighted by atomic mass is 10.1. The lowest BCUT2D eigenvalue weighted by molar-refractivity contribution is 0.0302. The van der Waals surface area contributed by atoms with Crippen molar-refractivity contribution in [1.82, 2.24) is 9.88 Å². The molecule has 1 N–H and O–H groups in total. The van der Waals surface area contributed by atoms with Gasteiger partial charge in [0.15, 0.2) is 0 Å². The maximum absolute atomic E-state index is 12.6. The highest BCUT2D eigenvalue weighted by Crippen LogP contribution is 2.17. The first-order chi connectivity index (χ1) is 10.7. The van der Waals surface area contributed by atoms with Gasteiger partial charge in [0.2, 0.25) is 5.43 Å². The van der Waals surface area contributed by atoms with Gasteiger partial charge in [-0.2, -0.15) is 0 Å². The van der Waals surface area contributed by atoms with Crippen LogP contribution in [0.25, 0.3) is 10.9 Å². The minimum Gasteiger partial charge on any atom is -0.494 e. The van der Waals surface area contributed by atoms with E-state index >= 15 is 0 Å². The van der Waals surface area contributed by atoms with Crippen LogP contribution in [0.5, 0.6) is 5.75 Å². The molecule has 0 bridgehead atoms. The van der Waals surface area contributed by atoms with Crippen LogP contribution in [-0.2, 0) is 4.74 Å². The predicted octanol–water partition coefficient (Wildman–Crippen LogP) is 1.40. The van der Waals surface area contributed by atoms with E-state index < -0.39 is 0 Å². The molecule has 116 valence electrons. The van der Waals surface area contributed by atoms with Crippen molar-refractivity contribution < 1.29 is 14.3 Å². The molecule has 2 aromatic rings. The molecule has 1 aliphatic heterocycles. The highest BCUT2D eigenvalue weighted by atomic mass is 16.5. The third-order valence-electron chi connectivity index (χ3n) is 3.69. The Kier molecular flexibility index (Phi) is 4.11. The Morgan fingerprint density at radius 1 is 1.36 bits per heavy atom. The van der Waals surface area contributed by atoms with E-state index in [1.165, 1.54) is 6.20 Å². The van der Waals surface area contributed by atoms with Crippen LogP contribution in [-0.4, -0.2) is 48.7 Å². The number of hydrogen-bond acceptors (Lipinski definition) is 4. The van der Waals surface area contributed by atoms with Crippen LogP contribution in [0.2, 0.25) is 0 Å². The molecule has 1 aromatic carbocycles. The van der Waals surface area contributed by atoms with Crippen molar-refractivity contribution in [2.24, 2.45) is 0 Å². The molecule has 1 aromatic heterocycles. The minimum absolute atomic E-state index is 0.156. The summed E-state index contributed by atoms with van der Waals surface area (Å²) in [5, 5.41) is 0.463. The number of rotatable bonds is 3. The molecule has 0 atom stereocenters. The fourth-order valence-electron chi connectivity index (χ4n) is 2.55. The average Bonchev–Trinajstić information content (AvgIpc) is 2.56. The Morgan fingerprint density at radius 3 is 2.86 bits per heavy atom. The number of aromatic amines is 1. The molecular weight excluding hydrogens is 284 g/mol. The van der Waals surface area contributed by atoms with Gasteiger partial charge in [-0.05, 0) is 25.1 Å². The van der Waals surface area contributed by atoms with E-state index in [1.54, 1.807) is 23.1 Å². The zero-order valence-corrected chi connectivity index (χ0v) is 12.4. The number of pyridine rings is 1. The molecule has 0 saturated carbocycles. The summed E-state index contributed by atoms with van der Waals surface area (Å²) in [7, 11) is 0. The lowest BCUT2D eigenvalue weighted by Crippen LogP contribution is -2.42. The quantitative estimate of drug-likeness (QED) is 0.930. The Morgan fingerprint density at radius 2 is 2.14 bits per heavy atom. The highest BCUT2D eigenvalue weighted by Gasteiger charge is 2.21. The summed E-state index contributed by atoms with van der Waals surface area (Å²) >= 11 is 0. The van der Waals surface area contributed by atoms with Gasteiger partial charge < -0.3 is 19.4 Å². The van der Waals surface area contributed by atoms with Gasteiger partial charge in [0.25, 0.3) is 5.91 Å². The number of fused-ring (bicyclic) bond motifs is 1. The second-order valence-corrected chi connectivity index (χ2v) is 5.08. The number of aromatic nitrogens is 1. The van der Waals surface area contributed by atoms with E-state index in [4.69, 9.17) is 9.47 Å². The summed E-state index contributed by atoms with van der Waals surface area (Å²) in [5.74, 6) is 0.365. The van der Waals surface area contributed by atoms with Crippen LogP contribution in [0.1, 0.15) is 17.3 Å². The van der Waals surface area contributed by atoms with E-state index in [9.17, 15) is 9.59 Å². The molecule has 1 amide bonds. The first-order valence-electron chi connectivity index (χ1n) is 7.36. The third-order valence-corrected chi connectivity index (χ3v) is 3.69. The molecule has 3 rings (SSSR count). The van der Waals surface area contributed by atoms with Gasteiger partial charge in [-0.3, -0.25) is 9.59 Å². The number of H-pyrrole nitrogens is 1. The van der Waals surface area contributed by atoms with Crippen LogP contribution in [0.4, 0.5) is 0 Å². The number of ether oxygens (including phenoxy) is 2. The van der Waals surface area contributed by atoms with Crippen molar-refractivity contribution in [2.75, 3.05) is 32.9 Å². The van der Waals surface area contributed by atoms with Crippen LogP contribution < -0.4 is 10.2 Å². The zero-order valence-electron chi connectivity index (χ0n) is 12.4. The standard InChI is InChI=1S/C16H18N2O4/c1-2-22-11-3-4-14-12(9-11)15(19)13(10-17-14)16(20)18-5-7-21-8-6-18/h3-4,9-10H,2,5-8H2,1H3,(H,17,19). The molecule has 0 spiro atoms. The Hall–Kier alpha value is -2.34. The first-order valence-corrected chi connectivity index (χ1v) is 7.36. The smallest absolute Gasteiger partial charge is 0.259 e. The van der Waals surface area contributed by atoms with E-state index in [-0.39, 0.29) is 16.9 Å². The van der Waals surface area contributed by atoms with Crippen LogP contribution in [0, 0.1) is 0 Å². The van der Waals surface area contributed by atoms with Crippen molar-refractivity contribution in [2.45, 2.75) is 6.92 Å². The van der Waals surface area contributed by atoms with Gasteiger partial charge in [-0.1, -0.05) is 0 Å².